The maximum Gasteiger partial charge on any atom is 0.101 e. The summed E-state index contributed by atoms with van der Waals surface area (Å²) in [4.78, 5) is 9.45. The molecule has 82 valence electrons. The number of hydrogen-bond acceptors (Lipinski definition) is 4. The Morgan fingerprint density at radius 2 is 2.12 bits per heavy atom. The lowest BCUT2D eigenvalue weighted by molar-refractivity contribution is 0.942. The second-order valence-corrected chi connectivity index (χ2v) is 4.57. The van der Waals surface area contributed by atoms with Gasteiger partial charge in [-0.1, -0.05) is 23.4 Å². The Hall–Kier alpha value is -1.10. The highest BCUT2D eigenvalue weighted by Gasteiger charge is 2.04. The van der Waals surface area contributed by atoms with Gasteiger partial charge in [-0.15, -0.1) is 0 Å². The Morgan fingerprint density at radius 1 is 1.25 bits per heavy atom. The first-order valence-corrected chi connectivity index (χ1v) is 5.92. The average Bonchev–Trinajstić information content (AvgIpc) is 2.33. The van der Waals surface area contributed by atoms with Crippen LogP contribution in [0.5, 0.6) is 0 Å². The Balaban J connectivity index is 2.23. The van der Waals surface area contributed by atoms with Crippen molar-refractivity contribution in [3.63, 3.8) is 0 Å². The second-order valence-electron chi connectivity index (χ2n) is 3.07. The lowest BCUT2D eigenvalue weighted by atomic mass is 10.3. The van der Waals surface area contributed by atoms with E-state index in [1.54, 1.807) is 12.4 Å². The van der Waals surface area contributed by atoms with Crippen molar-refractivity contribution >= 4 is 23.4 Å². The predicted molar refractivity (Wildman–Crippen MR) is 65.5 cm³/mol. The van der Waals surface area contributed by atoms with Crippen LogP contribution in [0.1, 0.15) is 5.69 Å². The van der Waals surface area contributed by atoms with Crippen molar-refractivity contribution in [1.29, 1.82) is 0 Å². The third kappa shape index (κ3) is 2.72. The average molecular weight is 252 g/mol. The van der Waals surface area contributed by atoms with Gasteiger partial charge in [-0.25, -0.2) is 4.98 Å². The fourth-order valence-electron chi connectivity index (χ4n) is 1.20. The molecule has 0 aromatic carbocycles. The van der Waals surface area contributed by atoms with Crippen LogP contribution in [-0.4, -0.2) is 9.97 Å². The third-order valence-electron chi connectivity index (χ3n) is 1.96. The molecule has 2 aromatic heterocycles. The summed E-state index contributed by atoms with van der Waals surface area (Å²) in [7, 11) is 0. The number of rotatable bonds is 3. The molecule has 2 N–H and O–H groups in total. The van der Waals surface area contributed by atoms with Gasteiger partial charge in [0.15, 0.2) is 0 Å². The van der Waals surface area contributed by atoms with Gasteiger partial charge in [0.1, 0.15) is 5.03 Å². The lowest BCUT2D eigenvalue weighted by Crippen LogP contribution is -2.00. The Labute approximate surface area is 103 Å². The summed E-state index contributed by atoms with van der Waals surface area (Å²) in [5.74, 6) is 0. The zero-order chi connectivity index (χ0) is 11.4. The summed E-state index contributed by atoms with van der Waals surface area (Å²) in [5, 5.41) is 1.52. The Kier molecular flexibility index (Phi) is 3.77. The molecule has 0 radical (unpaired) electrons. The number of nitrogens with two attached hydrogens (primary N) is 1. The van der Waals surface area contributed by atoms with Crippen LogP contribution in [0.3, 0.4) is 0 Å². The van der Waals surface area contributed by atoms with E-state index in [1.165, 1.54) is 11.8 Å². The van der Waals surface area contributed by atoms with Crippen molar-refractivity contribution in [3.8, 4) is 0 Å². The molecule has 16 heavy (non-hydrogen) atoms. The normalized spacial score (nSPS) is 10.4. The Morgan fingerprint density at radius 3 is 2.81 bits per heavy atom. The minimum atomic E-state index is 0.427. The molecule has 2 rings (SSSR count). The molecule has 2 aromatic rings. The van der Waals surface area contributed by atoms with Gasteiger partial charge in [-0.2, -0.15) is 0 Å². The molecule has 0 spiro atoms. The van der Waals surface area contributed by atoms with Crippen molar-refractivity contribution in [2.45, 2.75) is 16.5 Å². The van der Waals surface area contributed by atoms with Gasteiger partial charge < -0.3 is 5.73 Å². The summed E-state index contributed by atoms with van der Waals surface area (Å²) in [6.45, 7) is 0.427. The molecular weight excluding hydrogens is 242 g/mol. The van der Waals surface area contributed by atoms with E-state index < -0.39 is 0 Å². The summed E-state index contributed by atoms with van der Waals surface area (Å²) < 4.78 is 0. The highest BCUT2D eigenvalue weighted by molar-refractivity contribution is 7.99. The third-order valence-corrected chi connectivity index (χ3v) is 3.22. The van der Waals surface area contributed by atoms with E-state index in [0.29, 0.717) is 11.6 Å². The van der Waals surface area contributed by atoms with Gasteiger partial charge in [0.05, 0.1) is 10.7 Å². The van der Waals surface area contributed by atoms with Crippen LogP contribution in [0.25, 0.3) is 0 Å². The number of halogens is 1. The van der Waals surface area contributed by atoms with Crippen LogP contribution >= 0.6 is 23.4 Å². The Bertz CT molecular complexity index is 473. The molecule has 0 amide bonds. The zero-order valence-electron chi connectivity index (χ0n) is 8.43. The fraction of sp³-hybridized carbons (Fsp3) is 0.0909. The van der Waals surface area contributed by atoms with E-state index in [9.17, 15) is 0 Å². The minimum Gasteiger partial charge on any atom is -0.325 e. The number of pyridine rings is 2. The standard InChI is InChI=1S/C11H10ClN3S/c12-8-3-4-11(15-7-8)16-10-2-1-5-14-9(10)6-13/h1-5,7H,6,13H2. The van der Waals surface area contributed by atoms with E-state index in [-0.39, 0.29) is 0 Å². The fourth-order valence-corrected chi connectivity index (χ4v) is 2.18. The van der Waals surface area contributed by atoms with Crippen molar-refractivity contribution in [3.05, 3.63) is 47.4 Å². The molecule has 0 unspecified atom stereocenters. The van der Waals surface area contributed by atoms with E-state index in [0.717, 1.165) is 15.6 Å². The molecule has 5 heteroatoms. The first-order valence-electron chi connectivity index (χ1n) is 4.73. The summed E-state index contributed by atoms with van der Waals surface area (Å²) in [6.07, 6.45) is 3.36. The SMILES string of the molecule is NCc1ncccc1Sc1ccc(Cl)cn1. The van der Waals surface area contributed by atoms with Gasteiger partial charge in [-0.3, -0.25) is 4.98 Å². The van der Waals surface area contributed by atoms with E-state index >= 15 is 0 Å². The van der Waals surface area contributed by atoms with Crippen LogP contribution in [0, 0.1) is 0 Å². The first kappa shape index (κ1) is 11.4. The monoisotopic (exact) mass is 251 g/mol. The number of nitrogens with zero attached hydrogens (tertiary/aromatic N) is 2. The molecule has 0 saturated carbocycles. The predicted octanol–water partition coefficient (Wildman–Crippen LogP) is 2.74. The van der Waals surface area contributed by atoms with Crippen molar-refractivity contribution < 1.29 is 0 Å². The largest absolute Gasteiger partial charge is 0.325 e. The second kappa shape index (κ2) is 5.30. The number of aromatic nitrogens is 2. The van der Waals surface area contributed by atoms with E-state index in [2.05, 4.69) is 9.97 Å². The molecule has 2 heterocycles. The summed E-state index contributed by atoms with van der Waals surface area (Å²) in [5.41, 5.74) is 6.49. The zero-order valence-corrected chi connectivity index (χ0v) is 10.0. The molecule has 0 bridgehead atoms. The maximum atomic E-state index is 5.77. The molecule has 0 saturated heterocycles. The van der Waals surface area contributed by atoms with Crippen LogP contribution in [0.15, 0.2) is 46.6 Å². The van der Waals surface area contributed by atoms with E-state index in [1.807, 2.05) is 24.3 Å². The van der Waals surface area contributed by atoms with Gasteiger partial charge >= 0.3 is 0 Å². The molecule has 0 atom stereocenters. The molecule has 0 aliphatic heterocycles. The summed E-state index contributed by atoms with van der Waals surface area (Å²) >= 11 is 7.30. The van der Waals surface area contributed by atoms with Crippen molar-refractivity contribution in [2.24, 2.45) is 5.73 Å². The van der Waals surface area contributed by atoms with Crippen molar-refractivity contribution in [2.75, 3.05) is 0 Å². The molecule has 0 aliphatic carbocycles. The van der Waals surface area contributed by atoms with Crippen LogP contribution in [0.2, 0.25) is 5.02 Å². The van der Waals surface area contributed by atoms with Gasteiger partial charge in [0.2, 0.25) is 0 Å². The first-order chi connectivity index (χ1) is 7.79. The lowest BCUT2D eigenvalue weighted by Gasteiger charge is -2.05. The van der Waals surface area contributed by atoms with Gasteiger partial charge in [-0.05, 0) is 24.3 Å². The highest BCUT2D eigenvalue weighted by Crippen LogP contribution is 2.28. The highest BCUT2D eigenvalue weighted by atomic mass is 35.5. The summed E-state index contributed by atoms with van der Waals surface area (Å²) in [6, 6.07) is 7.56. The molecular formula is C11H10ClN3S. The molecule has 0 fully saturated rings. The molecule has 3 nitrogen and oxygen atoms in total. The topological polar surface area (TPSA) is 51.8 Å². The smallest absolute Gasteiger partial charge is 0.101 e. The van der Waals surface area contributed by atoms with Crippen LogP contribution in [0.4, 0.5) is 0 Å². The quantitative estimate of drug-likeness (QED) is 0.911. The van der Waals surface area contributed by atoms with Crippen molar-refractivity contribution in [1.82, 2.24) is 9.97 Å². The van der Waals surface area contributed by atoms with Crippen LogP contribution < -0.4 is 5.73 Å². The van der Waals surface area contributed by atoms with Gasteiger partial charge in [0, 0.05) is 23.8 Å². The maximum absolute atomic E-state index is 5.77. The number of hydrogen-bond donors (Lipinski definition) is 1. The van der Waals surface area contributed by atoms with Crippen LogP contribution in [-0.2, 0) is 6.54 Å². The minimum absolute atomic E-state index is 0.427. The van der Waals surface area contributed by atoms with E-state index in [4.69, 9.17) is 17.3 Å². The van der Waals surface area contributed by atoms with Gasteiger partial charge in [0.25, 0.3) is 0 Å². The molecule has 0 aliphatic rings.